The number of carbonyl (C=O) groups is 2. The fourth-order valence-electron chi connectivity index (χ4n) is 2.98. The topological polar surface area (TPSA) is 82.2 Å². The zero-order valence-electron chi connectivity index (χ0n) is 13.0. The van der Waals surface area contributed by atoms with E-state index < -0.39 is 12.0 Å². The minimum absolute atomic E-state index is 0.0169. The van der Waals surface area contributed by atoms with Gasteiger partial charge in [-0.2, -0.15) is 0 Å². The highest BCUT2D eigenvalue weighted by atomic mass is 79.9. The standard InChI is InChI=1S/C17H19BrN2O3/c1-17(2)7-10(17)15(21)20-13(16(22)23)6-9-8-19-12-5-3-4-11(18)14(9)12/h3-5,8,10,13,19H,6-7H2,1-2H3,(H,20,21)(H,22,23)/t10-,13?/m1/s1. The highest BCUT2D eigenvalue weighted by Gasteiger charge is 2.51. The normalized spacial score (nSPS) is 20.2. The van der Waals surface area contributed by atoms with Gasteiger partial charge in [-0.25, -0.2) is 4.79 Å². The lowest BCUT2D eigenvalue weighted by atomic mass is 10.0. The average Bonchev–Trinajstić information content (AvgIpc) is 2.92. The Morgan fingerprint density at radius 2 is 2.17 bits per heavy atom. The number of hydrogen-bond acceptors (Lipinski definition) is 2. The van der Waals surface area contributed by atoms with Crippen LogP contribution in [0.25, 0.3) is 10.9 Å². The second-order valence-electron chi connectivity index (χ2n) is 6.83. The third kappa shape index (κ3) is 3.13. The molecule has 5 nitrogen and oxygen atoms in total. The van der Waals surface area contributed by atoms with E-state index in [1.165, 1.54) is 0 Å². The summed E-state index contributed by atoms with van der Waals surface area (Å²) in [5, 5.41) is 13.1. The molecule has 1 amide bonds. The Balaban J connectivity index is 1.79. The SMILES string of the molecule is CC1(C)C[C@@H]1C(=O)NC(Cc1c[nH]c2cccc(Br)c12)C(=O)O. The molecule has 0 saturated heterocycles. The molecule has 1 aliphatic carbocycles. The van der Waals surface area contributed by atoms with Gasteiger partial charge >= 0.3 is 5.97 Å². The number of benzene rings is 1. The van der Waals surface area contributed by atoms with Crippen LogP contribution in [-0.2, 0) is 16.0 Å². The first kappa shape index (κ1) is 16.1. The van der Waals surface area contributed by atoms with Crippen molar-refractivity contribution >= 4 is 38.7 Å². The lowest BCUT2D eigenvalue weighted by Gasteiger charge is -2.15. The highest BCUT2D eigenvalue weighted by molar-refractivity contribution is 9.10. The molecule has 1 saturated carbocycles. The van der Waals surface area contributed by atoms with Gasteiger partial charge < -0.3 is 15.4 Å². The molecule has 2 aromatic rings. The van der Waals surface area contributed by atoms with E-state index in [0.29, 0.717) is 0 Å². The summed E-state index contributed by atoms with van der Waals surface area (Å²) >= 11 is 3.50. The number of rotatable bonds is 5. The summed E-state index contributed by atoms with van der Waals surface area (Å²) in [6.07, 6.45) is 2.86. The van der Waals surface area contributed by atoms with Crippen LogP contribution in [0.1, 0.15) is 25.8 Å². The van der Waals surface area contributed by atoms with E-state index in [9.17, 15) is 14.7 Å². The van der Waals surface area contributed by atoms with Gasteiger partial charge in [-0.1, -0.05) is 35.8 Å². The van der Waals surface area contributed by atoms with Gasteiger partial charge in [0.1, 0.15) is 6.04 Å². The number of aliphatic carboxylic acids is 1. The summed E-state index contributed by atoms with van der Waals surface area (Å²) in [5.41, 5.74) is 1.79. The van der Waals surface area contributed by atoms with E-state index in [1.54, 1.807) is 6.20 Å². The van der Waals surface area contributed by atoms with Crippen LogP contribution in [0.3, 0.4) is 0 Å². The molecule has 1 heterocycles. The fraction of sp³-hybridized carbons (Fsp3) is 0.412. The molecular formula is C17H19BrN2O3. The van der Waals surface area contributed by atoms with Gasteiger partial charge in [0.05, 0.1) is 0 Å². The first-order valence-corrected chi connectivity index (χ1v) is 8.36. The smallest absolute Gasteiger partial charge is 0.326 e. The molecule has 0 bridgehead atoms. The van der Waals surface area contributed by atoms with Gasteiger partial charge in [0.2, 0.25) is 5.91 Å². The quantitative estimate of drug-likeness (QED) is 0.747. The molecule has 23 heavy (non-hydrogen) atoms. The molecule has 1 fully saturated rings. The van der Waals surface area contributed by atoms with Crippen molar-refractivity contribution in [1.29, 1.82) is 0 Å². The van der Waals surface area contributed by atoms with E-state index in [2.05, 4.69) is 26.2 Å². The number of hydrogen-bond donors (Lipinski definition) is 3. The van der Waals surface area contributed by atoms with Crippen LogP contribution in [0, 0.1) is 11.3 Å². The first-order valence-electron chi connectivity index (χ1n) is 7.57. The van der Waals surface area contributed by atoms with Crippen LogP contribution in [0.5, 0.6) is 0 Å². The summed E-state index contributed by atoms with van der Waals surface area (Å²) in [7, 11) is 0. The Labute approximate surface area is 142 Å². The summed E-state index contributed by atoms with van der Waals surface area (Å²) in [5.74, 6) is -1.27. The monoisotopic (exact) mass is 378 g/mol. The van der Waals surface area contributed by atoms with Crippen molar-refractivity contribution in [1.82, 2.24) is 10.3 Å². The second-order valence-corrected chi connectivity index (χ2v) is 7.68. The van der Waals surface area contributed by atoms with E-state index in [1.807, 2.05) is 32.0 Å². The van der Waals surface area contributed by atoms with Crippen LogP contribution in [-0.4, -0.2) is 28.0 Å². The third-order valence-electron chi connectivity index (χ3n) is 4.61. The zero-order chi connectivity index (χ0) is 16.8. The molecular weight excluding hydrogens is 360 g/mol. The summed E-state index contributed by atoms with van der Waals surface area (Å²) in [4.78, 5) is 26.9. The predicted octanol–water partition coefficient (Wildman–Crippen LogP) is 3.09. The first-order chi connectivity index (χ1) is 10.8. The number of H-pyrrole nitrogens is 1. The third-order valence-corrected chi connectivity index (χ3v) is 5.27. The van der Waals surface area contributed by atoms with Gasteiger partial charge in [0, 0.05) is 33.9 Å². The molecule has 122 valence electrons. The lowest BCUT2D eigenvalue weighted by molar-refractivity contribution is -0.142. The zero-order valence-corrected chi connectivity index (χ0v) is 14.6. The van der Waals surface area contributed by atoms with Crippen LogP contribution in [0.4, 0.5) is 0 Å². The molecule has 3 rings (SSSR count). The highest BCUT2D eigenvalue weighted by Crippen LogP contribution is 2.51. The Kier molecular flexibility index (Phi) is 3.96. The van der Waals surface area contributed by atoms with Crippen molar-refractivity contribution in [3.05, 3.63) is 34.4 Å². The van der Waals surface area contributed by atoms with Crippen molar-refractivity contribution in [2.24, 2.45) is 11.3 Å². The largest absolute Gasteiger partial charge is 0.480 e. The van der Waals surface area contributed by atoms with Gasteiger partial charge in [0.15, 0.2) is 0 Å². The van der Waals surface area contributed by atoms with Crippen LogP contribution < -0.4 is 5.32 Å². The van der Waals surface area contributed by atoms with Gasteiger partial charge in [-0.15, -0.1) is 0 Å². The van der Waals surface area contributed by atoms with E-state index >= 15 is 0 Å². The second kappa shape index (κ2) is 5.67. The summed E-state index contributed by atoms with van der Waals surface area (Å²) in [6, 6.07) is 4.84. The number of aromatic amines is 1. The minimum atomic E-state index is -1.02. The number of carboxylic acid groups (broad SMARTS) is 1. The molecule has 2 atom stereocenters. The Bertz CT molecular complexity index is 781. The molecule has 1 aliphatic rings. The van der Waals surface area contributed by atoms with Crippen LogP contribution in [0.15, 0.2) is 28.9 Å². The molecule has 0 spiro atoms. The van der Waals surface area contributed by atoms with Crippen molar-refractivity contribution in [3.63, 3.8) is 0 Å². The summed E-state index contributed by atoms with van der Waals surface area (Å²) in [6.45, 7) is 4.04. The van der Waals surface area contributed by atoms with Crippen LogP contribution in [0.2, 0.25) is 0 Å². The lowest BCUT2D eigenvalue weighted by Crippen LogP contribution is -2.43. The van der Waals surface area contributed by atoms with Crippen LogP contribution >= 0.6 is 15.9 Å². The predicted molar refractivity (Wildman–Crippen MR) is 91.2 cm³/mol. The number of carboxylic acids is 1. The summed E-state index contributed by atoms with van der Waals surface area (Å²) < 4.78 is 0.907. The molecule has 0 radical (unpaired) electrons. The average molecular weight is 379 g/mol. The Morgan fingerprint density at radius 1 is 1.48 bits per heavy atom. The van der Waals surface area contributed by atoms with E-state index in [0.717, 1.165) is 27.4 Å². The molecule has 1 unspecified atom stereocenters. The minimum Gasteiger partial charge on any atom is -0.480 e. The molecule has 1 aromatic heterocycles. The maximum atomic E-state index is 12.2. The maximum Gasteiger partial charge on any atom is 0.326 e. The number of carbonyl (C=O) groups excluding carboxylic acids is 1. The number of amides is 1. The van der Waals surface area contributed by atoms with E-state index in [4.69, 9.17) is 0 Å². The number of aromatic nitrogens is 1. The number of fused-ring (bicyclic) bond motifs is 1. The van der Waals surface area contributed by atoms with Crippen molar-refractivity contribution in [3.8, 4) is 0 Å². The van der Waals surface area contributed by atoms with Crippen molar-refractivity contribution < 1.29 is 14.7 Å². The molecule has 6 heteroatoms. The van der Waals surface area contributed by atoms with Gasteiger partial charge in [-0.3, -0.25) is 4.79 Å². The Hall–Kier alpha value is -1.82. The van der Waals surface area contributed by atoms with E-state index in [-0.39, 0.29) is 23.7 Å². The Morgan fingerprint density at radius 3 is 2.78 bits per heavy atom. The van der Waals surface area contributed by atoms with Crippen molar-refractivity contribution in [2.75, 3.05) is 0 Å². The molecule has 3 N–H and O–H groups in total. The van der Waals surface area contributed by atoms with Gasteiger partial charge in [-0.05, 0) is 29.5 Å². The van der Waals surface area contributed by atoms with Crippen molar-refractivity contribution in [2.45, 2.75) is 32.7 Å². The molecule has 0 aliphatic heterocycles. The maximum absolute atomic E-state index is 12.2. The van der Waals surface area contributed by atoms with Gasteiger partial charge in [0.25, 0.3) is 0 Å². The molecule has 1 aromatic carbocycles. The number of nitrogens with one attached hydrogen (secondary N) is 2. The fourth-order valence-corrected chi connectivity index (χ4v) is 3.60. The number of halogens is 1.